The summed E-state index contributed by atoms with van der Waals surface area (Å²) in [5, 5.41) is 8.85. The summed E-state index contributed by atoms with van der Waals surface area (Å²) in [4.78, 5) is 24.1. The number of carbonyl (C=O) groups is 2. The van der Waals surface area contributed by atoms with E-state index in [4.69, 9.17) is 19.3 Å². The first-order chi connectivity index (χ1) is 9.16. The van der Waals surface area contributed by atoms with Crippen LogP contribution < -0.4 is 0 Å². The van der Waals surface area contributed by atoms with Crippen LogP contribution in [0.5, 0.6) is 0 Å². The molecule has 0 aromatic rings. The SMILES string of the molecule is O=C(O)[C@@H]1CN(C(=O)COC[C@@H]2CCCO2)CCO1. The molecular formula is C12H19NO6. The summed E-state index contributed by atoms with van der Waals surface area (Å²) in [5.74, 6) is -1.25. The number of hydrogen-bond acceptors (Lipinski definition) is 5. The van der Waals surface area contributed by atoms with E-state index in [1.165, 1.54) is 4.90 Å². The fraction of sp³-hybridized carbons (Fsp3) is 0.833. The van der Waals surface area contributed by atoms with Crippen molar-refractivity contribution >= 4 is 11.9 Å². The lowest BCUT2D eigenvalue weighted by Gasteiger charge is -2.30. The van der Waals surface area contributed by atoms with Gasteiger partial charge in [-0.2, -0.15) is 0 Å². The van der Waals surface area contributed by atoms with Gasteiger partial charge in [0.2, 0.25) is 5.91 Å². The highest BCUT2D eigenvalue weighted by Crippen LogP contribution is 2.12. The zero-order valence-electron chi connectivity index (χ0n) is 10.7. The van der Waals surface area contributed by atoms with Gasteiger partial charge in [0.25, 0.3) is 0 Å². The summed E-state index contributed by atoms with van der Waals surface area (Å²) in [5.41, 5.74) is 0. The van der Waals surface area contributed by atoms with Crippen LogP contribution >= 0.6 is 0 Å². The molecule has 0 aliphatic carbocycles. The lowest BCUT2D eigenvalue weighted by molar-refractivity contribution is -0.160. The molecule has 108 valence electrons. The van der Waals surface area contributed by atoms with Crippen molar-refractivity contribution in [2.24, 2.45) is 0 Å². The average molecular weight is 273 g/mol. The molecule has 2 heterocycles. The Kier molecular flexibility index (Phi) is 5.12. The summed E-state index contributed by atoms with van der Waals surface area (Å²) < 4.78 is 15.8. The maximum absolute atomic E-state index is 11.9. The maximum atomic E-state index is 11.9. The molecule has 19 heavy (non-hydrogen) atoms. The van der Waals surface area contributed by atoms with E-state index in [1.807, 2.05) is 0 Å². The monoisotopic (exact) mass is 273 g/mol. The number of aliphatic carboxylic acids is 1. The largest absolute Gasteiger partial charge is 0.479 e. The van der Waals surface area contributed by atoms with Gasteiger partial charge in [-0.1, -0.05) is 0 Å². The third-order valence-corrected chi connectivity index (χ3v) is 3.25. The number of morpholine rings is 1. The molecule has 0 saturated carbocycles. The van der Waals surface area contributed by atoms with Crippen LogP contribution in [0.15, 0.2) is 0 Å². The smallest absolute Gasteiger partial charge is 0.334 e. The number of ether oxygens (including phenoxy) is 3. The summed E-state index contributed by atoms with van der Waals surface area (Å²) in [7, 11) is 0. The first kappa shape index (κ1) is 14.2. The first-order valence-electron chi connectivity index (χ1n) is 6.48. The molecular weight excluding hydrogens is 254 g/mol. The van der Waals surface area contributed by atoms with Gasteiger partial charge in [0.05, 0.1) is 25.9 Å². The minimum atomic E-state index is -1.04. The molecule has 2 saturated heterocycles. The third-order valence-electron chi connectivity index (χ3n) is 3.25. The van der Waals surface area contributed by atoms with Gasteiger partial charge in [0.15, 0.2) is 6.10 Å². The van der Waals surface area contributed by atoms with Crippen LogP contribution in [0.3, 0.4) is 0 Å². The van der Waals surface area contributed by atoms with E-state index in [0.717, 1.165) is 19.4 Å². The van der Waals surface area contributed by atoms with E-state index in [1.54, 1.807) is 0 Å². The Morgan fingerprint density at radius 1 is 1.32 bits per heavy atom. The lowest BCUT2D eigenvalue weighted by Crippen LogP contribution is -2.49. The van der Waals surface area contributed by atoms with Crippen LogP contribution in [0.4, 0.5) is 0 Å². The van der Waals surface area contributed by atoms with E-state index in [2.05, 4.69) is 0 Å². The molecule has 2 aliphatic heterocycles. The minimum absolute atomic E-state index is 0.0355. The van der Waals surface area contributed by atoms with Crippen molar-refractivity contribution in [3.05, 3.63) is 0 Å². The first-order valence-corrected chi connectivity index (χ1v) is 6.48. The summed E-state index contributed by atoms with van der Waals surface area (Å²) in [6.45, 7) is 1.87. The molecule has 2 rings (SSSR count). The van der Waals surface area contributed by atoms with Crippen LogP contribution in [0.2, 0.25) is 0 Å². The summed E-state index contributed by atoms with van der Waals surface area (Å²) in [6.07, 6.45) is 1.15. The zero-order valence-corrected chi connectivity index (χ0v) is 10.7. The predicted molar refractivity (Wildman–Crippen MR) is 63.7 cm³/mol. The standard InChI is InChI=1S/C12H19NO6/c14-11(8-17-7-9-2-1-4-18-9)13-3-5-19-10(6-13)12(15)16/h9-10H,1-8H2,(H,15,16)/t9-,10-/m0/s1. The van der Waals surface area contributed by atoms with Crippen LogP contribution in [0.25, 0.3) is 0 Å². The third kappa shape index (κ3) is 4.15. The molecule has 0 bridgehead atoms. The normalized spacial score (nSPS) is 27.5. The second kappa shape index (κ2) is 6.83. The average Bonchev–Trinajstić information content (AvgIpc) is 2.92. The Morgan fingerprint density at radius 2 is 2.16 bits per heavy atom. The Labute approximate surface area is 111 Å². The van der Waals surface area contributed by atoms with Crippen LogP contribution in [-0.4, -0.2) is 73.6 Å². The maximum Gasteiger partial charge on any atom is 0.334 e. The Morgan fingerprint density at radius 3 is 2.84 bits per heavy atom. The minimum Gasteiger partial charge on any atom is -0.479 e. The molecule has 2 aliphatic rings. The van der Waals surface area contributed by atoms with E-state index in [0.29, 0.717) is 13.2 Å². The number of nitrogens with zero attached hydrogens (tertiary/aromatic N) is 1. The van der Waals surface area contributed by atoms with Crippen molar-refractivity contribution in [3.63, 3.8) is 0 Å². The Balaban J connectivity index is 1.68. The number of carboxylic acid groups (broad SMARTS) is 1. The molecule has 2 fully saturated rings. The topological polar surface area (TPSA) is 85.3 Å². The van der Waals surface area contributed by atoms with E-state index in [9.17, 15) is 9.59 Å². The molecule has 0 aromatic carbocycles. The molecule has 2 atom stereocenters. The number of carbonyl (C=O) groups excluding carboxylic acids is 1. The van der Waals surface area contributed by atoms with Crippen LogP contribution in [-0.2, 0) is 23.8 Å². The van der Waals surface area contributed by atoms with Gasteiger partial charge in [0.1, 0.15) is 6.61 Å². The Hall–Kier alpha value is -1.18. The van der Waals surface area contributed by atoms with Gasteiger partial charge < -0.3 is 24.2 Å². The van der Waals surface area contributed by atoms with Gasteiger partial charge in [-0.05, 0) is 12.8 Å². The molecule has 1 N–H and O–H groups in total. The predicted octanol–water partition coefficient (Wildman–Crippen LogP) is -0.506. The molecule has 0 radical (unpaired) electrons. The molecule has 0 unspecified atom stereocenters. The highest BCUT2D eigenvalue weighted by molar-refractivity contribution is 5.79. The molecule has 0 aromatic heterocycles. The highest BCUT2D eigenvalue weighted by Gasteiger charge is 2.29. The lowest BCUT2D eigenvalue weighted by atomic mass is 10.2. The fourth-order valence-electron chi connectivity index (χ4n) is 2.17. The van der Waals surface area contributed by atoms with E-state index >= 15 is 0 Å². The molecule has 1 amide bonds. The second-order valence-corrected chi connectivity index (χ2v) is 4.69. The van der Waals surface area contributed by atoms with Crippen molar-refractivity contribution in [1.29, 1.82) is 0 Å². The number of amides is 1. The Bertz CT molecular complexity index is 328. The molecule has 0 spiro atoms. The summed E-state index contributed by atoms with van der Waals surface area (Å²) in [6, 6.07) is 0. The zero-order chi connectivity index (χ0) is 13.7. The number of carboxylic acids is 1. The van der Waals surface area contributed by atoms with Crippen molar-refractivity contribution in [2.75, 3.05) is 39.5 Å². The van der Waals surface area contributed by atoms with Gasteiger partial charge in [-0.15, -0.1) is 0 Å². The quantitative estimate of drug-likeness (QED) is 0.726. The second-order valence-electron chi connectivity index (χ2n) is 4.69. The molecule has 7 nitrogen and oxygen atoms in total. The van der Waals surface area contributed by atoms with Gasteiger partial charge in [-0.3, -0.25) is 4.79 Å². The highest BCUT2D eigenvalue weighted by atomic mass is 16.5. The van der Waals surface area contributed by atoms with Crippen molar-refractivity contribution in [3.8, 4) is 0 Å². The number of rotatable bonds is 5. The molecule has 7 heteroatoms. The number of hydrogen-bond donors (Lipinski definition) is 1. The van der Waals surface area contributed by atoms with E-state index in [-0.39, 0.29) is 31.8 Å². The summed E-state index contributed by atoms with van der Waals surface area (Å²) >= 11 is 0. The van der Waals surface area contributed by atoms with Gasteiger partial charge >= 0.3 is 5.97 Å². The van der Waals surface area contributed by atoms with Crippen molar-refractivity contribution in [2.45, 2.75) is 25.0 Å². The van der Waals surface area contributed by atoms with Crippen molar-refractivity contribution in [1.82, 2.24) is 4.90 Å². The van der Waals surface area contributed by atoms with Crippen molar-refractivity contribution < 1.29 is 28.9 Å². The van der Waals surface area contributed by atoms with E-state index < -0.39 is 12.1 Å². The van der Waals surface area contributed by atoms with Crippen LogP contribution in [0, 0.1) is 0 Å². The van der Waals surface area contributed by atoms with Gasteiger partial charge in [0, 0.05) is 13.2 Å². The van der Waals surface area contributed by atoms with Gasteiger partial charge in [-0.25, -0.2) is 4.79 Å². The van der Waals surface area contributed by atoms with Crippen LogP contribution in [0.1, 0.15) is 12.8 Å². The fourth-order valence-corrected chi connectivity index (χ4v) is 2.17.